The number of carbonyl (C=O) groups excluding carboxylic acids is 4. The number of amides is 4. The largest absolute Gasteiger partial charge is 0.480 e. The van der Waals surface area contributed by atoms with Crippen molar-refractivity contribution >= 4 is 48.7 Å². The predicted molar refractivity (Wildman–Crippen MR) is 206 cm³/mol. The quantitative estimate of drug-likeness (QED) is 0.0731. The monoisotopic (exact) mass is 804 g/mol. The second-order valence-corrected chi connectivity index (χ2v) is 14.8. The van der Waals surface area contributed by atoms with Crippen molar-refractivity contribution in [3.05, 3.63) is 35.4 Å². The first kappa shape index (κ1) is 46.7. The molecule has 2 heterocycles. The molecule has 2 aliphatic rings. The molecule has 0 unspecified atom stereocenters. The highest BCUT2D eigenvalue weighted by Gasteiger charge is 2.39. The molecule has 21 heteroatoms. The van der Waals surface area contributed by atoms with Crippen molar-refractivity contribution in [2.45, 2.75) is 58.2 Å². The van der Waals surface area contributed by atoms with Crippen molar-refractivity contribution in [3.63, 3.8) is 0 Å². The summed E-state index contributed by atoms with van der Waals surface area (Å²) in [6, 6.07) is 4.46. The van der Waals surface area contributed by atoms with Crippen LogP contribution in [0.4, 0.5) is 0 Å². The highest BCUT2D eigenvalue weighted by Crippen LogP contribution is 2.19. The maximum atomic E-state index is 13.2. The van der Waals surface area contributed by atoms with Crippen LogP contribution in [0.5, 0.6) is 0 Å². The van der Waals surface area contributed by atoms with Crippen LogP contribution in [0, 0.1) is 5.92 Å². The first-order valence-electron chi connectivity index (χ1n) is 19.1. The van der Waals surface area contributed by atoms with Gasteiger partial charge in [-0.2, -0.15) is 0 Å². The van der Waals surface area contributed by atoms with E-state index in [0.29, 0.717) is 38.0 Å². The lowest BCUT2D eigenvalue weighted by atomic mass is 9.78. The van der Waals surface area contributed by atoms with Crippen LogP contribution in [0.2, 0.25) is 0 Å². The summed E-state index contributed by atoms with van der Waals surface area (Å²) >= 11 is 0. The Bertz CT molecular complexity index is 1520. The second kappa shape index (κ2) is 22.9. The standard InChI is InChI=1S/C36H57BN8O12/c1-24(2)33(35(54)39-25(3)36(55)45-10-4-5-28(45)37(56)57)40-34(53)27-8-6-26(7-9-27)19-38-29(46)20-41-11-13-42(21-30(47)48)15-17-44(23-32(51)52)18-16-43(14-12-41)22-31(49)50/h6-9,24-25,28,33,56-57H,4-5,10-23H2,1-3H3,(H,38,46)(H,39,54)(H,40,53)(H,47,48)(H,49,50)(H,51,52)/t25-,28+,33+/m1/s1. The molecule has 0 radical (unpaired) electrons. The van der Waals surface area contributed by atoms with E-state index in [0.717, 1.165) is 0 Å². The Labute approximate surface area is 332 Å². The zero-order valence-corrected chi connectivity index (χ0v) is 32.8. The molecule has 57 heavy (non-hydrogen) atoms. The summed E-state index contributed by atoms with van der Waals surface area (Å²) in [4.78, 5) is 95.1. The Morgan fingerprint density at radius 3 is 1.56 bits per heavy atom. The van der Waals surface area contributed by atoms with E-state index in [2.05, 4.69) is 16.0 Å². The Morgan fingerprint density at radius 2 is 1.14 bits per heavy atom. The summed E-state index contributed by atoms with van der Waals surface area (Å²) in [6.07, 6.45) is 1.04. The van der Waals surface area contributed by atoms with Crippen LogP contribution in [-0.4, -0.2) is 202 Å². The highest BCUT2D eigenvalue weighted by molar-refractivity contribution is 6.43. The molecule has 8 N–H and O–H groups in total. The molecule has 2 fully saturated rings. The van der Waals surface area contributed by atoms with Gasteiger partial charge in [0, 0.05) is 71.0 Å². The van der Waals surface area contributed by atoms with Gasteiger partial charge in [-0.15, -0.1) is 0 Å². The first-order chi connectivity index (χ1) is 26.9. The molecule has 0 saturated carbocycles. The van der Waals surface area contributed by atoms with Crippen molar-refractivity contribution in [2.75, 3.05) is 85.1 Å². The van der Waals surface area contributed by atoms with Crippen molar-refractivity contribution in [3.8, 4) is 0 Å². The Kier molecular flexibility index (Phi) is 18.8. The normalized spacial score (nSPS) is 19.1. The number of rotatable bonds is 17. The van der Waals surface area contributed by atoms with Gasteiger partial charge in [-0.05, 0) is 43.4 Å². The number of carbonyl (C=O) groups is 7. The minimum atomic E-state index is -1.69. The zero-order chi connectivity index (χ0) is 42.2. The molecule has 3 atom stereocenters. The van der Waals surface area contributed by atoms with Gasteiger partial charge in [0.15, 0.2) is 0 Å². The second-order valence-electron chi connectivity index (χ2n) is 14.8. The average molecular weight is 805 g/mol. The molecular formula is C36H57BN8O12. The van der Waals surface area contributed by atoms with Crippen LogP contribution >= 0.6 is 0 Å². The summed E-state index contributed by atoms with van der Waals surface area (Å²) < 4.78 is 0. The number of nitrogens with zero attached hydrogens (tertiary/aromatic N) is 5. The Balaban J connectivity index is 1.57. The molecule has 0 aliphatic carbocycles. The molecule has 4 amide bonds. The fraction of sp³-hybridized carbons (Fsp3) is 0.639. The molecule has 20 nitrogen and oxygen atoms in total. The average Bonchev–Trinajstić information content (AvgIpc) is 3.63. The molecule has 2 aliphatic heterocycles. The minimum absolute atomic E-state index is 0.0572. The van der Waals surface area contributed by atoms with Crippen LogP contribution in [-0.2, 0) is 35.3 Å². The fourth-order valence-electron chi connectivity index (χ4n) is 6.77. The zero-order valence-electron chi connectivity index (χ0n) is 32.8. The fourth-order valence-corrected chi connectivity index (χ4v) is 6.77. The van der Waals surface area contributed by atoms with Gasteiger partial charge in [0.1, 0.15) is 12.1 Å². The Morgan fingerprint density at radius 1 is 0.684 bits per heavy atom. The van der Waals surface area contributed by atoms with Crippen molar-refractivity contribution < 1.29 is 58.9 Å². The number of carboxylic acids is 3. The minimum Gasteiger partial charge on any atom is -0.480 e. The van der Waals surface area contributed by atoms with Crippen LogP contribution < -0.4 is 16.0 Å². The van der Waals surface area contributed by atoms with Gasteiger partial charge >= 0.3 is 25.0 Å². The third kappa shape index (κ3) is 16.0. The summed E-state index contributed by atoms with van der Waals surface area (Å²) in [7, 11) is -1.69. The van der Waals surface area contributed by atoms with Crippen LogP contribution in [0.25, 0.3) is 0 Å². The number of hydrogen-bond acceptors (Lipinski definition) is 13. The van der Waals surface area contributed by atoms with Crippen molar-refractivity contribution in [2.24, 2.45) is 5.92 Å². The van der Waals surface area contributed by atoms with Gasteiger partial charge < -0.3 is 46.2 Å². The van der Waals surface area contributed by atoms with Crippen LogP contribution in [0.1, 0.15) is 49.5 Å². The number of aliphatic carboxylic acids is 3. The van der Waals surface area contributed by atoms with E-state index >= 15 is 0 Å². The van der Waals surface area contributed by atoms with E-state index in [1.807, 2.05) is 4.90 Å². The summed E-state index contributed by atoms with van der Waals surface area (Å²) in [6.45, 7) is 6.75. The first-order valence-corrected chi connectivity index (χ1v) is 19.1. The summed E-state index contributed by atoms with van der Waals surface area (Å²) in [5.41, 5.74) is 0.935. The molecule has 1 aromatic carbocycles. The predicted octanol–water partition coefficient (Wildman–Crippen LogP) is -2.96. The number of nitrogens with one attached hydrogen (secondary N) is 3. The third-order valence-electron chi connectivity index (χ3n) is 9.97. The van der Waals surface area contributed by atoms with Crippen LogP contribution in [0.15, 0.2) is 24.3 Å². The van der Waals surface area contributed by atoms with Gasteiger partial charge in [-0.1, -0.05) is 26.0 Å². The highest BCUT2D eigenvalue weighted by atomic mass is 16.4. The van der Waals surface area contributed by atoms with Gasteiger partial charge in [0.25, 0.3) is 5.91 Å². The summed E-state index contributed by atoms with van der Waals surface area (Å²) in [5, 5.41) is 55.7. The van der Waals surface area contributed by atoms with E-state index in [-0.39, 0.29) is 89.4 Å². The smallest absolute Gasteiger partial charge is 0.475 e. The molecular weight excluding hydrogens is 747 g/mol. The molecule has 3 rings (SSSR count). The maximum Gasteiger partial charge on any atom is 0.475 e. The van der Waals surface area contributed by atoms with E-state index in [1.165, 1.54) is 11.8 Å². The maximum absolute atomic E-state index is 13.2. The molecule has 0 aromatic heterocycles. The van der Waals surface area contributed by atoms with E-state index in [4.69, 9.17) is 0 Å². The number of carboxylic acid groups (broad SMARTS) is 3. The van der Waals surface area contributed by atoms with Gasteiger partial charge in [0.05, 0.1) is 32.1 Å². The van der Waals surface area contributed by atoms with Crippen molar-refractivity contribution in [1.29, 1.82) is 0 Å². The van der Waals surface area contributed by atoms with E-state index in [9.17, 15) is 58.9 Å². The molecule has 1 aromatic rings. The molecule has 0 spiro atoms. The van der Waals surface area contributed by atoms with Gasteiger partial charge in [0.2, 0.25) is 17.7 Å². The molecule has 0 bridgehead atoms. The molecule has 316 valence electrons. The number of benzene rings is 1. The Hall–Kier alpha value is -4.67. The van der Waals surface area contributed by atoms with Crippen LogP contribution in [0.3, 0.4) is 0 Å². The van der Waals surface area contributed by atoms with E-state index in [1.54, 1.807) is 52.8 Å². The van der Waals surface area contributed by atoms with Crippen molar-refractivity contribution in [1.82, 2.24) is 40.4 Å². The lowest BCUT2D eigenvalue weighted by Gasteiger charge is -2.32. The number of likely N-dealkylation sites (tertiary alicyclic amines) is 1. The topological polar surface area (TPSA) is 273 Å². The lowest BCUT2D eigenvalue weighted by Crippen LogP contribution is -2.56. The van der Waals surface area contributed by atoms with Gasteiger partial charge in [-0.3, -0.25) is 53.2 Å². The molecule has 2 saturated heterocycles. The van der Waals surface area contributed by atoms with Gasteiger partial charge in [-0.25, -0.2) is 0 Å². The lowest BCUT2D eigenvalue weighted by molar-refractivity contribution is -0.140. The van der Waals surface area contributed by atoms with E-state index < -0.39 is 60.8 Å². The summed E-state index contributed by atoms with van der Waals surface area (Å²) in [5.74, 6) is -6.11. The third-order valence-corrected chi connectivity index (χ3v) is 9.97. The SMILES string of the molecule is CC(C)[C@H](NC(=O)c1ccc(CNC(=O)CN2CCN(CC(=O)O)CCN(CC(=O)O)CCN(CC(=O)O)CC2)cc1)C(=O)N[C@H](C)C(=O)N1CCC[C@H]1B(O)O. The number of hydrogen-bond donors (Lipinski definition) is 8.